The molecule has 5 nitrogen and oxygen atoms in total. The van der Waals surface area contributed by atoms with E-state index in [0.29, 0.717) is 5.89 Å². The highest BCUT2D eigenvalue weighted by Gasteiger charge is 2.26. The van der Waals surface area contributed by atoms with Crippen molar-refractivity contribution in [3.05, 3.63) is 16.8 Å². The minimum Gasteiger partial charge on any atom is -0.390 e. The van der Waals surface area contributed by atoms with Gasteiger partial charge in [-0.25, -0.2) is 0 Å². The molecule has 3 rings (SSSR count). The lowest BCUT2D eigenvalue weighted by Gasteiger charge is -2.29. The summed E-state index contributed by atoms with van der Waals surface area (Å²) in [7, 11) is 2.11. The van der Waals surface area contributed by atoms with Crippen molar-refractivity contribution in [1.82, 2.24) is 15.0 Å². The second-order valence-electron chi connectivity index (χ2n) is 4.87. The number of aromatic nitrogens is 2. The highest BCUT2D eigenvalue weighted by molar-refractivity contribution is 7.99. The number of thiophene rings is 1. The lowest BCUT2D eigenvalue weighted by molar-refractivity contribution is 0.257. The van der Waals surface area contributed by atoms with E-state index in [-0.39, 0.29) is 6.04 Å². The molecule has 2 aromatic heterocycles. The summed E-state index contributed by atoms with van der Waals surface area (Å²) in [4.78, 5) is 8.07. The zero-order chi connectivity index (χ0) is 14.1. The second kappa shape index (κ2) is 5.75. The Morgan fingerprint density at radius 3 is 3.10 bits per heavy atom. The van der Waals surface area contributed by atoms with Crippen LogP contribution in [0.4, 0.5) is 5.00 Å². The highest BCUT2D eigenvalue weighted by Crippen LogP contribution is 2.34. The van der Waals surface area contributed by atoms with Crippen LogP contribution in [0.2, 0.25) is 0 Å². The molecule has 0 aromatic carbocycles. The average molecular weight is 310 g/mol. The van der Waals surface area contributed by atoms with Gasteiger partial charge in [-0.2, -0.15) is 16.7 Å². The number of anilines is 1. The molecule has 108 valence electrons. The zero-order valence-corrected chi connectivity index (χ0v) is 13.3. The van der Waals surface area contributed by atoms with Crippen LogP contribution in [0.3, 0.4) is 0 Å². The maximum absolute atomic E-state index is 6.04. The Hall–Kier alpha value is -1.05. The Bertz CT molecular complexity index is 595. The van der Waals surface area contributed by atoms with E-state index in [4.69, 9.17) is 10.3 Å². The average Bonchev–Trinajstić information content (AvgIpc) is 3.05. The van der Waals surface area contributed by atoms with E-state index in [0.717, 1.165) is 40.9 Å². The molecule has 1 atom stereocenters. The Morgan fingerprint density at radius 1 is 1.55 bits per heavy atom. The monoisotopic (exact) mass is 310 g/mol. The molecule has 1 unspecified atom stereocenters. The van der Waals surface area contributed by atoms with Crippen molar-refractivity contribution in [2.45, 2.75) is 19.4 Å². The van der Waals surface area contributed by atoms with Gasteiger partial charge in [-0.3, -0.25) is 4.90 Å². The van der Waals surface area contributed by atoms with Crippen LogP contribution in [0, 0.1) is 0 Å². The van der Waals surface area contributed by atoms with E-state index in [1.54, 1.807) is 11.3 Å². The number of hydrogen-bond donors (Lipinski definition) is 1. The van der Waals surface area contributed by atoms with Crippen molar-refractivity contribution in [2.24, 2.45) is 0 Å². The molecule has 1 aliphatic heterocycles. The van der Waals surface area contributed by atoms with E-state index in [9.17, 15) is 0 Å². The molecule has 0 aliphatic carbocycles. The summed E-state index contributed by atoms with van der Waals surface area (Å²) in [6.07, 6.45) is 0.970. The molecular formula is C13H18N4OS2. The molecule has 2 N–H and O–H groups in total. The van der Waals surface area contributed by atoms with Crippen molar-refractivity contribution < 1.29 is 4.52 Å². The summed E-state index contributed by atoms with van der Waals surface area (Å²) < 4.78 is 5.42. The van der Waals surface area contributed by atoms with Crippen LogP contribution in [0.5, 0.6) is 0 Å². The molecule has 1 aliphatic rings. The summed E-state index contributed by atoms with van der Waals surface area (Å²) in [5.74, 6) is 3.47. The fourth-order valence-corrected chi connectivity index (χ4v) is 4.31. The van der Waals surface area contributed by atoms with Gasteiger partial charge in [0, 0.05) is 22.9 Å². The molecule has 0 saturated carbocycles. The quantitative estimate of drug-likeness (QED) is 0.940. The Labute approximate surface area is 126 Å². The number of hydrogen-bond acceptors (Lipinski definition) is 7. The summed E-state index contributed by atoms with van der Waals surface area (Å²) >= 11 is 3.52. The Morgan fingerprint density at radius 2 is 2.40 bits per heavy atom. The normalized spacial score (nSPS) is 20.4. The molecule has 20 heavy (non-hydrogen) atoms. The van der Waals surface area contributed by atoms with Gasteiger partial charge in [0.05, 0.1) is 16.6 Å². The molecular weight excluding hydrogens is 292 g/mol. The molecule has 2 aromatic rings. The number of aryl methyl sites for hydroxylation is 1. The molecule has 0 radical (unpaired) electrons. The van der Waals surface area contributed by atoms with Gasteiger partial charge in [0.1, 0.15) is 0 Å². The summed E-state index contributed by atoms with van der Waals surface area (Å²) in [6.45, 7) is 3.17. The van der Waals surface area contributed by atoms with Gasteiger partial charge in [-0.05, 0) is 19.5 Å². The van der Waals surface area contributed by atoms with Gasteiger partial charge < -0.3 is 10.3 Å². The summed E-state index contributed by atoms with van der Waals surface area (Å²) in [5.41, 5.74) is 6.91. The predicted molar refractivity (Wildman–Crippen MR) is 84.1 cm³/mol. The lowest BCUT2D eigenvalue weighted by Crippen LogP contribution is -2.33. The maximum atomic E-state index is 6.04. The van der Waals surface area contributed by atoms with Crippen molar-refractivity contribution in [1.29, 1.82) is 0 Å². The zero-order valence-electron chi connectivity index (χ0n) is 11.6. The fourth-order valence-electron chi connectivity index (χ4n) is 2.24. The van der Waals surface area contributed by atoms with E-state index < -0.39 is 0 Å². The maximum Gasteiger partial charge on any atom is 0.260 e. The van der Waals surface area contributed by atoms with Crippen LogP contribution in [-0.4, -0.2) is 40.1 Å². The lowest BCUT2D eigenvalue weighted by atomic mass is 10.2. The van der Waals surface area contributed by atoms with Gasteiger partial charge in [0.15, 0.2) is 5.82 Å². The highest BCUT2D eigenvalue weighted by atomic mass is 32.2. The van der Waals surface area contributed by atoms with Crippen LogP contribution >= 0.6 is 23.1 Å². The third-order valence-corrected chi connectivity index (χ3v) is 5.66. The first-order valence-corrected chi connectivity index (χ1v) is 8.66. The van der Waals surface area contributed by atoms with Crippen LogP contribution in [0.1, 0.15) is 23.7 Å². The van der Waals surface area contributed by atoms with Crippen LogP contribution in [0.25, 0.3) is 11.5 Å². The van der Waals surface area contributed by atoms with E-state index >= 15 is 0 Å². The minimum absolute atomic E-state index is 0.233. The Kier molecular flexibility index (Phi) is 4.00. The van der Waals surface area contributed by atoms with Gasteiger partial charge >= 0.3 is 0 Å². The van der Waals surface area contributed by atoms with Gasteiger partial charge in [0.25, 0.3) is 5.89 Å². The van der Waals surface area contributed by atoms with Crippen LogP contribution < -0.4 is 5.73 Å². The number of nitrogen functional groups attached to an aromatic ring is 1. The smallest absolute Gasteiger partial charge is 0.260 e. The second-order valence-corrected chi connectivity index (χ2v) is 7.19. The van der Waals surface area contributed by atoms with Gasteiger partial charge in [0.2, 0.25) is 0 Å². The summed E-state index contributed by atoms with van der Waals surface area (Å²) in [6, 6.07) is 2.29. The number of nitrogens with zero attached hydrogens (tertiary/aromatic N) is 3. The molecule has 1 saturated heterocycles. The molecule has 0 spiro atoms. The molecule has 7 heteroatoms. The minimum atomic E-state index is 0.233. The third-order valence-electron chi connectivity index (χ3n) is 3.53. The van der Waals surface area contributed by atoms with E-state index in [1.807, 2.05) is 11.8 Å². The first kappa shape index (κ1) is 13.9. The van der Waals surface area contributed by atoms with E-state index in [1.165, 1.54) is 4.88 Å². The van der Waals surface area contributed by atoms with Gasteiger partial charge in [-0.15, -0.1) is 11.3 Å². The summed E-state index contributed by atoms with van der Waals surface area (Å²) in [5, 5.41) is 4.90. The standard InChI is InChI=1S/C13H18N4OS2/c1-3-8-6-9(11(14)20-8)13-15-12(16-18-13)10-7-19-5-4-17(10)2/h6,10H,3-5,7,14H2,1-2H3. The first-order valence-electron chi connectivity index (χ1n) is 6.69. The molecule has 1 fully saturated rings. The molecule has 0 bridgehead atoms. The van der Waals surface area contributed by atoms with Crippen molar-refractivity contribution >= 4 is 28.1 Å². The number of rotatable bonds is 3. The SMILES string of the molecule is CCc1cc(-c2nc(C3CSCCN3C)no2)c(N)s1. The van der Waals surface area contributed by atoms with Crippen molar-refractivity contribution in [3.8, 4) is 11.5 Å². The number of nitrogens with two attached hydrogens (primary N) is 1. The van der Waals surface area contributed by atoms with Crippen LogP contribution in [-0.2, 0) is 6.42 Å². The first-order chi connectivity index (χ1) is 9.69. The fraction of sp³-hybridized carbons (Fsp3) is 0.538. The molecule has 3 heterocycles. The van der Waals surface area contributed by atoms with Crippen molar-refractivity contribution in [2.75, 3.05) is 30.8 Å². The molecule has 0 amide bonds. The third kappa shape index (κ3) is 2.57. The number of thioether (sulfide) groups is 1. The van der Waals surface area contributed by atoms with E-state index in [2.05, 4.69) is 35.1 Å². The van der Waals surface area contributed by atoms with Gasteiger partial charge in [-0.1, -0.05) is 12.1 Å². The Balaban J connectivity index is 1.87. The topological polar surface area (TPSA) is 68.2 Å². The van der Waals surface area contributed by atoms with Crippen LogP contribution in [0.15, 0.2) is 10.6 Å². The predicted octanol–water partition coefficient (Wildman–Crippen LogP) is 2.66. The largest absolute Gasteiger partial charge is 0.390 e. The van der Waals surface area contributed by atoms with Crippen molar-refractivity contribution in [3.63, 3.8) is 0 Å².